The second-order valence-corrected chi connectivity index (χ2v) is 6.14. The normalized spacial score (nSPS) is 18.3. The number of benzene rings is 1. The molecular formula is C17H20F2N4O2. The van der Waals surface area contributed by atoms with Crippen molar-refractivity contribution in [3.63, 3.8) is 0 Å². The number of morpholine rings is 1. The summed E-state index contributed by atoms with van der Waals surface area (Å²) < 4.78 is 34.4. The van der Waals surface area contributed by atoms with Gasteiger partial charge in [0, 0.05) is 31.4 Å². The molecule has 0 saturated carbocycles. The van der Waals surface area contributed by atoms with Crippen LogP contribution in [0, 0.1) is 18.6 Å². The molecule has 1 N–H and O–H groups in total. The van der Waals surface area contributed by atoms with Crippen molar-refractivity contribution in [1.29, 1.82) is 0 Å². The molecule has 0 spiro atoms. The van der Waals surface area contributed by atoms with E-state index in [1.54, 1.807) is 6.92 Å². The summed E-state index contributed by atoms with van der Waals surface area (Å²) in [5, 5.41) is 6.82. The monoisotopic (exact) mass is 350 g/mol. The number of aryl methyl sites for hydroxylation is 1. The summed E-state index contributed by atoms with van der Waals surface area (Å²) >= 11 is 0. The number of halogens is 2. The van der Waals surface area contributed by atoms with Gasteiger partial charge < -0.3 is 15.0 Å². The molecule has 6 nitrogen and oxygen atoms in total. The van der Waals surface area contributed by atoms with Gasteiger partial charge in [-0.1, -0.05) is 6.07 Å². The first-order valence-electron chi connectivity index (χ1n) is 8.04. The molecule has 1 saturated heterocycles. The van der Waals surface area contributed by atoms with Crippen molar-refractivity contribution in [2.45, 2.75) is 13.0 Å². The molecule has 1 aromatic carbocycles. The Hall–Kier alpha value is -2.32. The maximum atomic E-state index is 13.9. The number of amides is 1. The minimum absolute atomic E-state index is 0.0888. The summed E-state index contributed by atoms with van der Waals surface area (Å²) in [5.41, 5.74) is 0.357. The molecule has 3 rings (SSSR count). The van der Waals surface area contributed by atoms with Crippen molar-refractivity contribution < 1.29 is 18.3 Å². The van der Waals surface area contributed by atoms with Gasteiger partial charge in [0.05, 0.1) is 12.7 Å². The third-order valence-electron chi connectivity index (χ3n) is 4.11. The molecule has 0 bridgehead atoms. The van der Waals surface area contributed by atoms with Gasteiger partial charge in [0.25, 0.3) is 5.91 Å². The maximum Gasteiger partial charge on any atom is 0.272 e. The summed E-state index contributed by atoms with van der Waals surface area (Å²) in [6.07, 6.45) is 1.34. The molecule has 8 heteroatoms. The SMILES string of the molecule is Cc1cn(-c2c(F)cccc2F)nc1C(=O)NCC1CN(C)CCO1. The summed E-state index contributed by atoms with van der Waals surface area (Å²) in [4.78, 5) is 14.5. The molecule has 0 radical (unpaired) electrons. The van der Waals surface area contributed by atoms with Gasteiger partial charge in [-0.15, -0.1) is 0 Å². The third-order valence-corrected chi connectivity index (χ3v) is 4.11. The van der Waals surface area contributed by atoms with Crippen molar-refractivity contribution in [1.82, 2.24) is 20.0 Å². The van der Waals surface area contributed by atoms with E-state index in [0.717, 1.165) is 29.9 Å². The standard InChI is InChI=1S/C17H20F2N4O2/c1-11-9-23(16-13(18)4-3-5-14(16)19)21-15(11)17(24)20-8-12-10-22(2)6-7-25-12/h3-5,9,12H,6-8,10H2,1-2H3,(H,20,24). The number of para-hydroxylation sites is 1. The number of aromatic nitrogens is 2. The van der Waals surface area contributed by atoms with Crippen LogP contribution in [0.2, 0.25) is 0 Å². The molecule has 1 aromatic heterocycles. The molecule has 1 unspecified atom stereocenters. The molecule has 1 aliphatic rings. The molecule has 2 aromatic rings. The molecule has 134 valence electrons. The van der Waals surface area contributed by atoms with Gasteiger partial charge in [0.2, 0.25) is 0 Å². The Balaban J connectivity index is 1.73. The number of nitrogens with zero attached hydrogens (tertiary/aromatic N) is 3. The van der Waals surface area contributed by atoms with Gasteiger partial charge in [-0.05, 0) is 26.1 Å². The van der Waals surface area contributed by atoms with Gasteiger partial charge in [-0.3, -0.25) is 4.79 Å². The Morgan fingerprint density at radius 1 is 1.40 bits per heavy atom. The number of hydrogen-bond donors (Lipinski definition) is 1. The lowest BCUT2D eigenvalue weighted by Gasteiger charge is -2.30. The lowest BCUT2D eigenvalue weighted by atomic mass is 10.2. The van der Waals surface area contributed by atoms with Crippen LogP contribution in [-0.2, 0) is 4.74 Å². The van der Waals surface area contributed by atoms with E-state index in [-0.39, 0.29) is 17.5 Å². The lowest BCUT2D eigenvalue weighted by molar-refractivity contribution is -0.0175. The van der Waals surface area contributed by atoms with Crippen LogP contribution in [0.4, 0.5) is 8.78 Å². The molecule has 1 amide bonds. The Bertz CT molecular complexity index is 758. The third kappa shape index (κ3) is 3.85. The average Bonchev–Trinajstić information content (AvgIpc) is 2.94. The van der Waals surface area contributed by atoms with Crippen LogP contribution in [0.1, 0.15) is 16.1 Å². The molecule has 1 atom stereocenters. The van der Waals surface area contributed by atoms with Crippen molar-refractivity contribution in [3.8, 4) is 5.69 Å². The largest absolute Gasteiger partial charge is 0.374 e. The zero-order valence-electron chi connectivity index (χ0n) is 14.1. The maximum absolute atomic E-state index is 13.9. The van der Waals surface area contributed by atoms with Crippen molar-refractivity contribution >= 4 is 5.91 Å². The predicted molar refractivity (Wildman–Crippen MR) is 87.8 cm³/mol. The smallest absolute Gasteiger partial charge is 0.272 e. The van der Waals surface area contributed by atoms with Crippen LogP contribution in [0.3, 0.4) is 0 Å². The van der Waals surface area contributed by atoms with Crippen molar-refractivity contribution in [3.05, 3.63) is 47.3 Å². The summed E-state index contributed by atoms with van der Waals surface area (Å²) in [7, 11) is 1.99. The lowest BCUT2D eigenvalue weighted by Crippen LogP contribution is -2.46. The average molecular weight is 350 g/mol. The Morgan fingerprint density at radius 2 is 2.12 bits per heavy atom. The Morgan fingerprint density at radius 3 is 2.80 bits per heavy atom. The first-order valence-corrected chi connectivity index (χ1v) is 8.04. The van der Waals surface area contributed by atoms with Gasteiger partial charge in [0.1, 0.15) is 5.69 Å². The highest BCUT2D eigenvalue weighted by Crippen LogP contribution is 2.18. The Kier molecular flexibility index (Phi) is 5.10. The second-order valence-electron chi connectivity index (χ2n) is 6.14. The van der Waals surface area contributed by atoms with Crippen LogP contribution in [0.15, 0.2) is 24.4 Å². The second kappa shape index (κ2) is 7.28. The number of likely N-dealkylation sites (N-methyl/N-ethyl adjacent to an activating group) is 1. The van der Waals surface area contributed by atoms with E-state index in [4.69, 9.17) is 4.74 Å². The summed E-state index contributed by atoms with van der Waals surface area (Å²) in [6.45, 7) is 4.24. The van der Waals surface area contributed by atoms with Crippen LogP contribution < -0.4 is 5.32 Å². The summed E-state index contributed by atoms with van der Waals surface area (Å²) in [5.74, 6) is -1.88. The van der Waals surface area contributed by atoms with E-state index >= 15 is 0 Å². The highest BCUT2D eigenvalue weighted by Gasteiger charge is 2.21. The van der Waals surface area contributed by atoms with E-state index in [0.29, 0.717) is 18.7 Å². The van der Waals surface area contributed by atoms with Crippen molar-refractivity contribution in [2.75, 3.05) is 33.3 Å². The molecule has 1 aliphatic heterocycles. The predicted octanol–water partition coefficient (Wildman–Crippen LogP) is 1.52. The van der Waals surface area contributed by atoms with Gasteiger partial charge in [-0.25, -0.2) is 13.5 Å². The molecule has 1 fully saturated rings. The zero-order chi connectivity index (χ0) is 18.0. The number of ether oxygens (including phenoxy) is 1. The quantitative estimate of drug-likeness (QED) is 0.908. The number of rotatable bonds is 4. The van der Waals surface area contributed by atoms with E-state index in [9.17, 15) is 13.6 Å². The van der Waals surface area contributed by atoms with Crippen LogP contribution in [0.25, 0.3) is 5.69 Å². The topological polar surface area (TPSA) is 59.4 Å². The number of nitrogens with one attached hydrogen (secondary N) is 1. The van der Waals surface area contributed by atoms with Crippen LogP contribution in [0.5, 0.6) is 0 Å². The van der Waals surface area contributed by atoms with Crippen LogP contribution in [-0.4, -0.2) is 60.0 Å². The van der Waals surface area contributed by atoms with Gasteiger partial charge >= 0.3 is 0 Å². The van der Waals surface area contributed by atoms with Crippen molar-refractivity contribution in [2.24, 2.45) is 0 Å². The fourth-order valence-corrected chi connectivity index (χ4v) is 2.79. The minimum Gasteiger partial charge on any atom is -0.374 e. The first-order chi connectivity index (χ1) is 12.0. The van der Waals surface area contributed by atoms with E-state index in [1.165, 1.54) is 12.3 Å². The zero-order valence-corrected chi connectivity index (χ0v) is 14.1. The minimum atomic E-state index is -0.742. The summed E-state index contributed by atoms with van der Waals surface area (Å²) in [6, 6.07) is 3.57. The van der Waals surface area contributed by atoms with E-state index in [2.05, 4.69) is 15.3 Å². The first kappa shape index (κ1) is 17.5. The van der Waals surface area contributed by atoms with Crippen LogP contribution >= 0.6 is 0 Å². The number of carbonyl (C=O) groups excluding carboxylic acids is 1. The van der Waals surface area contributed by atoms with E-state index in [1.807, 2.05) is 7.05 Å². The highest BCUT2D eigenvalue weighted by atomic mass is 19.1. The highest BCUT2D eigenvalue weighted by molar-refractivity contribution is 5.93. The van der Waals surface area contributed by atoms with E-state index < -0.39 is 17.5 Å². The molecular weight excluding hydrogens is 330 g/mol. The fraction of sp³-hybridized carbons (Fsp3) is 0.412. The molecule has 2 heterocycles. The Labute approximate surface area is 144 Å². The molecule has 25 heavy (non-hydrogen) atoms. The number of hydrogen-bond acceptors (Lipinski definition) is 4. The van der Waals surface area contributed by atoms with Gasteiger partial charge in [0.15, 0.2) is 17.3 Å². The molecule has 0 aliphatic carbocycles. The number of carbonyl (C=O) groups is 1. The fourth-order valence-electron chi connectivity index (χ4n) is 2.79. The van der Waals surface area contributed by atoms with Gasteiger partial charge in [-0.2, -0.15) is 5.10 Å².